The first-order valence-corrected chi connectivity index (χ1v) is 5.86. The number of carbonyl (C=O) groups excluding carboxylic acids is 1. The fourth-order valence-corrected chi connectivity index (χ4v) is 1.92. The van der Waals surface area contributed by atoms with Gasteiger partial charge < -0.3 is 19.7 Å². The van der Waals surface area contributed by atoms with E-state index in [9.17, 15) is 15.0 Å². The molecule has 0 radical (unpaired) electrons. The SMILES string of the molecule is COc1c(C(=O)c2ccccc2)cc(O)c(O)c1OC.[NaH]. The molecule has 5 nitrogen and oxygen atoms in total. The fraction of sp³-hybridized carbons (Fsp3) is 0.133. The van der Waals surface area contributed by atoms with Crippen molar-refractivity contribution in [3.63, 3.8) is 0 Å². The minimum absolute atomic E-state index is 0. The number of hydrogen-bond donors (Lipinski definition) is 2. The van der Waals surface area contributed by atoms with Gasteiger partial charge >= 0.3 is 29.6 Å². The van der Waals surface area contributed by atoms with Gasteiger partial charge in [0.1, 0.15) is 0 Å². The Balaban J connectivity index is 0.00000220. The summed E-state index contributed by atoms with van der Waals surface area (Å²) in [4.78, 5) is 12.4. The zero-order chi connectivity index (χ0) is 14.7. The number of ether oxygens (including phenoxy) is 2. The summed E-state index contributed by atoms with van der Waals surface area (Å²) in [5.41, 5.74) is 0.559. The molecule has 2 aromatic rings. The number of ketones is 1. The van der Waals surface area contributed by atoms with Crippen LogP contribution in [0.5, 0.6) is 23.0 Å². The predicted octanol–water partition coefficient (Wildman–Crippen LogP) is 1.70. The summed E-state index contributed by atoms with van der Waals surface area (Å²) in [7, 11) is 2.67. The summed E-state index contributed by atoms with van der Waals surface area (Å²) in [6.45, 7) is 0. The van der Waals surface area contributed by atoms with E-state index in [0.717, 1.165) is 6.07 Å². The quantitative estimate of drug-likeness (QED) is 0.510. The van der Waals surface area contributed by atoms with E-state index in [0.29, 0.717) is 5.56 Å². The standard InChI is InChI=1S/C15H14O5.Na.H/c1-19-14-10(8-11(16)13(18)15(14)20-2)12(17)9-6-4-3-5-7-9;;/h3-8,16,18H,1-2H3;;. The number of aromatic hydroxyl groups is 2. The molecular formula is C15H15NaO5. The van der Waals surface area contributed by atoms with E-state index in [1.807, 2.05) is 0 Å². The summed E-state index contributed by atoms with van der Waals surface area (Å²) in [6.07, 6.45) is 0. The third kappa shape index (κ3) is 3.32. The van der Waals surface area contributed by atoms with Crippen LogP contribution in [0, 0.1) is 0 Å². The molecule has 0 fully saturated rings. The molecule has 0 saturated carbocycles. The number of hydrogen-bond acceptors (Lipinski definition) is 5. The maximum absolute atomic E-state index is 12.4. The maximum atomic E-state index is 12.4. The molecule has 0 aliphatic rings. The molecule has 0 spiro atoms. The molecule has 0 unspecified atom stereocenters. The third-order valence-corrected chi connectivity index (χ3v) is 2.88. The zero-order valence-corrected chi connectivity index (χ0v) is 11.1. The zero-order valence-electron chi connectivity index (χ0n) is 11.1. The molecule has 2 rings (SSSR count). The van der Waals surface area contributed by atoms with E-state index >= 15 is 0 Å². The van der Waals surface area contributed by atoms with Crippen molar-refractivity contribution in [1.29, 1.82) is 0 Å². The molecule has 0 saturated heterocycles. The normalized spacial score (nSPS) is 9.62. The van der Waals surface area contributed by atoms with Gasteiger partial charge in [0.25, 0.3) is 0 Å². The van der Waals surface area contributed by atoms with E-state index in [2.05, 4.69) is 0 Å². The molecule has 6 heteroatoms. The Kier molecular flexibility index (Phi) is 6.08. The Morgan fingerprint density at radius 3 is 2.10 bits per heavy atom. The number of rotatable bonds is 4. The molecule has 2 aromatic carbocycles. The fourth-order valence-electron chi connectivity index (χ4n) is 1.92. The molecule has 21 heavy (non-hydrogen) atoms. The van der Waals surface area contributed by atoms with E-state index < -0.39 is 11.5 Å². The van der Waals surface area contributed by atoms with Crippen molar-refractivity contribution in [2.45, 2.75) is 0 Å². The van der Waals surface area contributed by atoms with Crippen LogP contribution in [0.1, 0.15) is 15.9 Å². The van der Waals surface area contributed by atoms with Crippen LogP contribution in [-0.2, 0) is 0 Å². The van der Waals surface area contributed by atoms with E-state index in [1.54, 1.807) is 30.3 Å². The Labute approximate surface area is 144 Å². The molecule has 0 aliphatic heterocycles. The average Bonchev–Trinajstić information content (AvgIpc) is 2.49. The molecule has 0 amide bonds. The first-order chi connectivity index (χ1) is 9.60. The monoisotopic (exact) mass is 298 g/mol. The van der Waals surface area contributed by atoms with Crippen LogP contribution in [0.15, 0.2) is 36.4 Å². The molecule has 0 bridgehead atoms. The second-order valence-electron chi connectivity index (χ2n) is 4.05. The molecule has 0 atom stereocenters. The van der Waals surface area contributed by atoms with Crippen molar-refractivity contribution in [3.05, 3.63) is 47.5 Å². The second-order valence-corrected chi connectivity index (χ2v) is 4.05. The Hall–Kier alpha value is -1.69. The van der Waals surface area contributed by atoms with Crippen molar-refractivity contribution < 1.29 is 24.5 Å². The van der Waals surface area contributed by atoms with Gasteiger partial charge in [0.05, 0.1) is 19.8 Å². The Morgan fingerprint density at radius 1 is 1.00 bits per heavy atom. The van der Waals surface area contributed by atoms with Crippen LogP contribution in [0.25, 0.3) is 0 Å². The summed E-state index contributed by atoms with van der Waals surface area (Å²) < 4.78 is 10.1. The Bertz CT molecular complexity index is 640. The van der Waals surface area contributed by atoms with E-state index in [4.69, 9.17) is 9.47 Å². The number of phenolic OH excluding ortho intramolecular Hbond substituents is 2. The first-order valence-electron chi connectivity index (χ1n) is 5.86. The van der Waals surface area contributed by atoms with Gasteiger partial charge in [-0.2, -0.15) is 0 Å². The molecule has 0 heterocycles. The van der Waals surface area contributed by atoms with Crippen LogP contribution >= 0.6 is 0 Å². The van der Waals surface area contributed by atoms with Gasteiger partial charge in [0, 0.05) is 5.56 Å². The van der Waals surface area contributed by atoms with Gasteiger partial charge in [-0.3, -0.25) is 4.79 Å². The summed E-state index contributed by atoms with van der Waals surface area (Å²) >= 11 is 0. The van der Waals surface area contributed by atoms with E-state index in [-0.39, 0.29) is 52.4 Å². The van der Waals surface area contributed by atoms with Gasteiger partial charge in [-0.1, -0.05) is 30.3 Å². The van der Waals surface area contributed by atoms with Crippen molar-refractivity contribution >= 4 is 35.3 Å². The summed E-state index contributed by atoms with van der Waals surface area (Å²) in [6, 6.07) is 9.72. The van der Waals surface area contributed by atoms with Crippen molar-refractivity contribution in [2.75, 3.05) is 14.2 Å². The van der Waals surface area contributed by atoms with Crippen LogP contribution in [0.3, 0.4) is 0 Å². The van der Waals surface area contributed by atoms with Gasteiger partial charge in [-0.15, -0.1) is 0 Å². The predicted molar refractivity (Wildman–Crippen MR) is 79.9 cm³/mol. The molecule has 0 aliphatic carbocycles. The number of carbonyl (C=O) groups is 1. The third-order valence-electron chi connectivity index (χ3n) is 2.88. The Morgan fingerprint density at radius 2 is 1.57 bits per heavy atom. The molecular weight excluding hydrogens is 283 g/mol. The molecule has 2 N–H and O–H groups in total. The minimum atomic E-state index is -0.464. The molecule has 0 aromatic heterocycles. The first kappa shape index (κ1) is 17.4. The van der Waals surface area contributed by atoms with Gasteiger partial charge in [-0.25, -0.2) is 0 Å². The topological polar surface area (TPSA) is 76.0 Å². The summed E-state index contributed by atoms with van der Waals surface area (Å²) in [5, 5.41) is 19.4. The van der Waals surface area contributed by atoms with Crippen molar-refractivity contribution in [1.82, 2.24) is 0 Å². The number of benzene rings is 2. The van der Waals surface area contributed by atoms with E-state index in [1.165, 1.54) is 14.2 Å². The van der Waals surface area contributed by atoms with Crippen LogP contribution in [-0.4, -0.2) is 59.8 Å². The van der Waals surface area contributed by atoms with Crippen LogP contribution in [0.4, 0.5) is 0 Å². The number of phenols is 2. The average molecular weight is 298 g/mol. The van der Waals surface area contributed by atoms with Crippen LogP contribution in [0.2, 0.25) is 0 Å². The van der Waals surface area contributed by atoms with Gasteiger partial charge in [0.15, 0.2) is 17.3 Å². The molecule has 106 valence electrons. The van der Waals surface area contributed by atoms with Crippen LogP contribution < -0.4 is 9.47 Å². The number of methoxy groups -OCH3 is 2. The van der Waals surface area contributed by atoms with Gasteiger partial charge in [0.2, 0.25) is 11.5 Å². The van der Waals surface area contributed by atoms with Gasteiger partial charge in [-0.05, 0) is 6.07 Å². The second kappa shape index (κ2) is 7.36. The van der Waals surface area contributed by atoms with Crippen molar-refractivity contribution in [2.24, 2.45) is 0 Å². The van der Waals surface area contributed by atoms with Crippen molar-refractivity contribution in [3.8, 4) is 23.0 Å². The summed E-state index contributed by atoms with van der Waals surface area (Å²) in [5.74, 6) is -1.24.